The van der Waals surface area contributed by atoms with Crippen molar-refractivity contribution >= 4 is 45.7 Å². The standard InChI is InChI=1S/C22H21N3O2S2/c1-12-8-10-15(11-9-12)18-14(3)28-22(24-18)25-20(26)13(2)19-21(27)23-16-6-4-5-7-17(16)29-19/h4-11,13,19H,1-3H3,(H,23,27)(H,24,25,26). The molecule has 0 radical (unpaired) electrons. The Morgan fingerprint density at radius 1 is 1.14 bits per heavy atom. The van der Waals surface area contributed by atoms with E-state index in [-0.39, 0.29) is 11.8 Å². The van der Waals surface area contributed by atoms with Gasteiger partial charge in [-0.25, -0.2) is 4.98 Å². The summed E-state index contributed by atoms with van der Waals surface area (Å²) in [5.41, 5.74) is 3.88. The fourth-order valence-corrected chi connectivity index (χ4v) is 5.19. The first-order valence-corrected chi connectivity index (χ1v) is 11.0. The van der Waals surface area contributed by atoms with Crippen LogP contribution in [0.3, 0.4) is 0 Å². The van der Waals surface area contributed by atoms with Gasteiger partial charge in [-0.15, -0.1) is 23.1 Å². The van der Waals surface area contributed by atoms with E-state index in [1.165, 1.54) is 28.7 Å². The zero-order valence-corrected chi connectivity index (χ0v) is 18.0. The highest BCUT2D eigenvalue weighted by Gasteiger charge is 2.35. The average molecular weight is 424 g/mol. The molecule has 2 amide bonds. The molecule has 148 valence electrons. The van der Waals surface area contributed by atoms with Crippen LogP contribution >= 0.6 is 23.1 Å². The zero-order chi connectivity index (χ0) is 20.5. The van der Waals surface area contributed by atoms with Crippen molar-refractivity contribution < 1.29 is 9.59 Å². The van der Waals surface area contributed by atoms with Gasteiger partial charge in [-0.05, 0) is 26.0 Å². The SMILES string of the molecule is Cc1ccc(-c2nc(NC(=O)C(C)C3Sc4ccccc4NC3=O)sc2C)cc1. The third-order valence-electron chi connectivity index (χ3n) is 4.88. The number of nitrogens with one attached hydrogen (secondary N) is 2. The Kier molecular flexibility index (Phi) is 5.43. The number of carbonyl (C=O) groups is 2. The molecule has 1 aliphatic heterocycles. The first kappa shape index (κ1) is 19.7. The predicted octanol–water partition coefficient (Wildman–Crippen LogP) is 5.11. The number of fused-ring (bicyclic) bond motifs is 1. The van der Waals surface area contributed by atoms with Crippen LogP contribution in [0, 0.1) is 19.8 Å². The van der Waals surface area contributed by atoms with Crippen molar-refractivity contribution in [3.63, 3.8) is 0 Å². The number of benzene rings is 2. The van der Waals surface area contributed by atoms with Gasteiger partial charge in [0.05, 0.1) is 22.5 Å². The number of carbonyl (C=O) groups excluding carboxylic acids is 2. The second-order valence-corrected chi connectivity index (χ2v) is 9.48. The summed E-state index contributed by atoms with van der Waals surface area (Å²) in [5.74, 6) is -0.853. The lowest BCUT2D eigenvalue weighted by atomic mass is 10.1. The maximum Gasteiger partial charge on any atom is 0.238 e. The highest BCUT2D eigenvalue weighted by atomic mass is 32.2. The van der Waals surface area contributed by atoms with E-state index in [2.05, 4.69) is 15.6 Å². The van der Waals surface area contributed by atoms with Gasteiger partial charge >= 0.3 is 0 Å². The molecule has 0 bridgehead atoms. The maximum atomic E-state index is 12.8. The Labute approximate surface area is 178 Å². The summed E-state index contributed by atoms with van der Waals surface area (Å²) in [6.07, 6.45) is 0. The molecule has 2 N–H and O–H groups in total. The number of hydrogen-bond acceptors (Lipinski definition) is 5. The summed E-state index contributed by atoms with van der Waals surface area (Å²) >= 11 is 2.87. The molecule has 2 atom stereocenters. The van der Waals surface area contributed by atoms with Crippen LogP contribution in [0.1, 0.15) is 17.4 Å². The van der Waals surface area contributed by atoms with Crippen molar-refractivity contribution in [1.82, 2.24) is 4.98 Å². The topological polar surface area (TPSA) is 71.1 Å². The third kappa shape index (κ3) is 4.06. The number of para-hydroxylation sites is 1. The Hall–Kier alpha value is -2.64. The summed E-state index contributed by atoms with van der Waals surface area (Å²) in [6.45, 7) is 5.82. The van der Waals surface area contributed by atoms with Crippen LogP contribution in [0.5, 0.6) is 0 Å². The lowest BCUT2D eigenvalue weighted by Gasteiger charge is -2.27. The van der Waals surface area contributed by atoms with Crippen molar-refractivity contribution in [1.29, 1.82) is 0 Å². The molecular weight excluding hydrogens is 402 g/mol. The van der Waals surface area contributed by atoms with Crippen molar-refractivity contribution in [2.45, 2.75) is 30.9 Å². The number of thioether (sulfide) groups is 1. The quantitative estimate of drug-likeness (QED) is 0.611. The van der Waals surface area contributed by atoms with Crippen molar-refractivity contribution in [2.24, 2.45) is 5.92 Å². The van der Waals surface area contributed by atoms with Gasteiger partial charge in [-0.2, -0.15) is 0 Å². The largest absolute Gasteiger partial charge is 0.324 e. The molecule has 3 aromatic rings. The summed E-state index contributed by atoms with van der Waals surface area (Å²) in [5, 5.41) is 5.87. The Bertz CT molecular complexity index is 1080. The lowest BCUT2D eigenvalue weighted by Crippen LogP contribution is -2.39. The van der Waals surface area contributed by atoms with Crippen LogP contribution < -0.4 is 10.6 Å². The number of anilines is 2. The molecule has 0 fully saturated rings. The number of thiazole rings is 1. The number of rotatable bonds is 4. The normalized spacial score (nSPS) is 16.7. The second-order valence-electron chi connectivity index (χ2n) is 7.09. The average Bonchev–Trinajstić information content (AvgIpc) is 3.07. The lowest BCUT2D eigenvalue weighted by molar-refractivity contribution is -0.123. The van der Waals surface area contributed by atoms with Gasteiger partial charge < -0.3 is 10.6 Å². The summed E-state index contributed by atoms with van der Waals surface area (Å²) in [7, 11) is 0. The van der Waals surface area contributed by atoms with Gasteiger partial charge in [0, 0.05) is 15.3 Å². The molecule has 1 aliphatic rings. The van der Waals surface area contributed by atoms with Crippen LogP contribution in [0.4, 0.5) is 10.8 Å². The highest BCUT2D eigenvalue weighted by Crippen LogP contribution is 2.39. The van der Waals surface area contributed by atoms with E-state index in [0.717, 1.165) is 26.7 Å². The molecule has 0 spiro atoms. The minimum atomic E-state index is -0.500. The zero-order valence-electron chi connectivity index (χ0n) is 16.4. The molecule has 29 heavy (non-hydrogen) atoms. The predicted molar refractivity (Wildman–Crippen MR) is 120 cm³/mol. The van der Waals surface area contributed by atoms with E-state index in [9.17, 15) is 9.59 Å². The van der Waals surface area contributed by atoms with Gasteiger partial charge in [0.15, 0.2) is 5.13 Å². The van der Waals surface area contributed by atoms with E-state index >= 15 is 0 Å². The minimum Gasteiger partial charge on any atom is -0.324 e. The van der Waals surface area contributed by atoms with Crippen LogP contribution in [0.15, 0.2) is 53.4 Å². The number of hydrogen-bond donors (Lipinski definition) is 2. The molecule has 1 aromatic heterocycles. The molecule has 2 heterocycles. The first-order chi connectivity index (χ1) is 13.9. The molecule has 0 aliphatic carbocycles. The first-order valence-electron chi connectivity index (χ1n) is 9.34. The Balaban J connectivity index is 1.49. The molecule has 5 nitrogen and oxygen atoms in total. The molecule has 2 unspecified atom stereocenters. The summed E-state index contributed by atoms with van der Waals surface area (Å²) in [6, 6.07) is 15.8. The molecule has 7 heteroatoms. The van der Waals surface area contributed by atoms with Gasteiger partial charge in [0.2, 0.25) is 11.8 Å². The number of aromatic nitrogens is 1. The van der Waals surface area contributed by atoms with Gasteiger partial charge in [0.25, 0.3) is 0 Å². The van der Waals surface area contributed by atoms with Gasteiger partial charge in [-0.3, -0.25) is 9.59 Å². The minimum absolute atomic E-state index is 0.146. The fourth-order valence-electron chi connectivity index (χ4n) is 3.18. The van der Waals surface area contributed by atoms with Gasteiger partial charge in [0.1, 0.15) is 0 Å². The number of nitrogens with zero attached hydrogens (tertiary/aromatic N) is 1. The van der Waals surface area contributed by atoms with E-state index in [1.807, 2.05) is 62.4 Å². The van der Waals surface area contributed by atoms with Crippen molar-refractivity contribution in [3.05, 3.63) is 59.0 Å². The van der Waals surface area contributed by atoms with Crippen LogP contribution in [0.25, 0.3) is 11.3 Å². The molecular formula is C22H21N3O2S2. The Morgan fingerprint density at radius 3 is 2.62 bits per heavy atom. The second kappa shape index (κ2) is 8.00. The van der Waals surface area contributed by atoms with E-state index in [4.69, 9.17) is 0 Å². The highest BCUT2D eigenvalue weighted by molar-refractivity contribution is 8.01. The van der Waals surface area contributed by atoms with E-state index < -0.39 is 11.2 Å². The Morgan fingerprint density at radius 2 is 1.86 bits per heavy atom. The molecule has 2 aromatic carbocycles. The fraction of sp³-hybridized carbons (Fsp3) is 0.227. The molecule has 0 saturated heterocycles. The van der Waals surface area contributed by atoms with Crippen molar-refractivity contribution in [2.75, 3.05) is 10.6 Å². The monoisotopic (exact) mass is 423 g/mol. The molecule has 0 saturated carbocycles. The number of amides is 2. The van der Waals surface area contributed by atoms with Crippen LogP contribution in [-0.4, -0.2) is 22.0 Å². The third-order valence-corrected chi connectivity index (χ3v) is 7.25. The van der Waals surface area contributed by atoms with Crippen molar-refractivity contribution in [3.8, 4) is 11.3 Å². The molecule has 4 rings (SSSR count). The van der Waals surface area contributed by atoms with Gasteiger partial charge in [-0.1, -0.05) is 48.9 Å². The maximum absolute atomic E-state index is 12.8. The summed E-state index contributed by atoms with van der Waals surface area (Å²) in [4.78, 5) is 32.0. The van der Waals surface area contributed by atoms with E-state index in [1.54, 1.807) is 6.92 Å². The number of aryl methyl sites for hydroxylation is 2. The summed E-state index contributed by atoms with van der Waals surface area (Å²) < 4.78 is 0. The van der Waals surface area contributed by atoms with Crippen LogP contribution in [0.2, 0.25) is 0 Å². The smallest absolute Gasteiger partial charge is 0.238 e. The van der Waals surface area contributed by atoms with Crippen LogP contribution in [-0.2, 0) is 9.59 Å². The van der Waals surface area contributed by atoms with E-state index in [0.29, 0.717) is 5.13 Å².